The molecule has 1 fully saturated rings. The summed E-state index contributed by atoms with van der Waals surface area (Å²) in [6.45, 7) is 6.63. The largest absolute Gasteiger partial charge is 0.490 e. The summed E-state index contributed by atoms with van der Waals surface area (Å²) in [5, 5.41) is 0. The van der Waals surface area contributed by atoms with Gasteiger partial charge < -0.3 is 20.1 Å². The van der Waals surface area contributed by atoms with Crippen molar-refractivity contribution in [2.45, 2.75) is 38.0 Å². The number of nitrogens with two attached hydrogens (primary N) is 1. The van der Waals surface area contributed by atoms with Crippen molar-refractivity contribution in [2.75, 3.05) is 19.7 Å². The van der Waals surface area contributed by atoms with Crippen LogP contribution < -0.4 is 10.5 Å². The third-order valence-corrected chi connectivity index (χ3v) is 6.47. The molecule has 5 rings (SSSR count). The highest BCUT2D eigenvalue weighted by atomic mass is 19.1. The summed E-state index contributed by atoms with van der Waals surface area (Å²) in [7, 11) is 0. The molecule has 29 heavy (non-hydrogen) atoms. The summed E-state index contributed by atoms with van der Waals surface area (Å²) < 4.78 is 26.4. The van der Waals surface area contributed by atoms with Crippen LogP contribution in [0.4, 0.5) is 4.39 Å². The van der Waals surface area contributed by atoms with E-state index in [0.717, 1.165) is 36.4 Å². The molecule has 0 aliphatic carbocycles. The van der Waals surface area contributed by atoms with E-state index in [4.69, 9.17) is 20.2 Å². The van der Waals surface area contributed by atoms with Crippen LogP contribution in [0.1, 0.15) is 25.8 Å². The van der Waals surface area contributed by atoms with Crippen molar-refractivity contribution in [1.82, 2.24) is 9.88 Å². The van der Waals surface area contributed by atoms with Crippen molar-refractivity contribution in [3.63, 3.8) is 0 Å². The molecule has 1 unspecified atom stereocenters. The van der Waals surface area contributed by atoms with E-state index in [2.05, 4.69) is 23.7 Å². The maximum Gasteiger partial charge on any atom is 0.283 e. The van der Waals surface area contributed by atoms with Crippen LogP contribution in [0.2, 0.25) is 0 Å². The van der Waals surface area contributed by atoms with Crippen molar-refractivity contribution in [2.24, 2.45) is 16.6 Å². The number of nitrogens with zero attached hydrogens (tertiary/aromatic N) is 3. The van der Waals surface area contributed by atoms with Crippen molar-refractivity contribution >= 4 is 6.02 Å². The number of piperidine rings is 1. The molecule has 3 aliphatic heterocycles. The summed E-state index contributed by atoms with van der Waals surface area (Å²) in [5.41, 5.74) is 7.48. The van der Waals surface area contributed by atoms with Gasteiger partial charge in [0.15, 0.2) is 0 Å². The first-order valence-electron chi connectivity index (χ1n) is 10.1. The van der Waals surface area contributed by atoms with E-state index < -0.39 is 11.5 Å². The minimum Gasteiger partial charge on any atom is -0.490 e. The number of likely N-dealkylation sites (tertiary alicyclic amines) is 1. The number of ether oxygens (including phenoxy) is 2. The average Bonchev–Trinajstić information content (AvgIpc) is 3.10. The van der Waals surface area contributed by atoms with Crippen molar-refractivity contribution in [3.8, 4) is 16.9 Å². The molecule has 1 aromatic carbocycles. The maximum atomic E-state index is 14.3. The zero-order chi connectivity index (χ0) is 20.2. The molecule has 2 aromatic rings. The lowest BCUT2D eigenvalue weighted by atomic mass is 9.71. The first-order chi connectivity index (χ1) is 14.0. The molecule has 0 radical (unpaired) electrons. The van der Waals surface area contributed by atoms with Crippen LogP contribution in [0, 0.1) is 11.9 Å². The van der Waals surface area contributed by atoms with Crippen LogP contribution in [0.25, 0.3) is 11.1 Å². The zero-order valence-corrected chi connectivity index (χ0v) is 16.6. The van der Waals surface area contributed by atoms with Crippen LogP contribution in [0.5, 0.6) is 5.75 Å². The molecule has 0 amide bonds. The predicted molar refractivity (Wildman–Crippen MR) is 108 cm³/mol. The number of halogens is 1. The van der Waals surface area contributed by atoms with Gasteiger partial charge in [-0.15, -0.1) is 0 Å². The SMILES string of the molecule is CC(C)N1CC[C@@H]2Oc3ccc(-c4cccnc4F)cc3[C@]3(COC(N)=N3)C2C1. The molecule has 0 saturated carbocycles. The maximum absolute atomic E-state index is 14.3. The van der Waals surface area contributed by atoms with Gasteiger partial charge in [0.2, 0.25) is 5.95 Å². The minimum absolute atomic E-state index is 0.0525. The van der Waals surface area contributed by atoms with Gasteiger partial charge in [-0.1, -0.05) is 6.07 Å². The normalized spacial score (nSPS) is 28.5. The lowest BCUT2D eigenvalue weighted by Gasteiger charge is -2.49. The van der Waals surface area contributed by atoms with Crippen LogP contribution in [0.15, 0.2) is 41.5 Å². The van der Waals surface area contributed by atoms with Crippen molar-refractivity contribution in [1.29, 1.82) is 0 Å². The highest BCUT2D eigenvalue weighted by Crippen LogP contribution is 2.51. The van der Waals surface area contributed by atoms with Gasteiger partial charge in [0.05, 0.1) is 0 Å². The van der Waals surface area contributed by atoms with E-state index in [9.17, 15) is 4.39 Å². The molecular weight excluding hydrogens is 371 g/mol. The van der Waals surface area contributed by atoms with Crippen LogP contribution >= 0.6 is 0 Å². The van der Waals surface area contributed by atoms with Crippen LogP contribution in [0.3, 0.4) is 0 Å². The van der Waals surface area contributed by atoms with Gasteiger partial charge in [-0.2, -0.15) is 4.39 Å². The third kappa shape index (κ3) is 2.87. The number of aromatic nitrogens is 1. The molecule has 0 bridgehead atoms. The Kier molecular flexibility index (Phi) is 4.24. The predicted octanol–water partition coefficient (Wildman–Crippen LogP) is 2.92. The molecule has 3 aliphatic rings. The van der Waals surface area contributed by atoms with E-state index in [1.165, 1.54) is 6.20 Å². The number of amidine groups is 1. The van der Waals surface area contributed by atoms with Gasteiger partial charge in [0.25, 0.3) is 6.02 Å². The molecule has 1 saturated heterocycles. The van der Waals surface area contributed by atoms with E-state index in [1.54, 1.807) is 12.1 Å². The van der Waals surface area contributed by atoms with Crippen molar-refractivity contribution in [3.05, 3.63) is 48.0 Å². The van der Waals surface area contributed by atoms with Crippen molar-refractivity contribution < 1.29 is 13.9 Å². The monoisotopic (exact) mass is 396 g/mol. The molecule has 3 atom stereocenters. The molecule has 4 heterocycles. The second kappa shape index (κ2) is 6.69. The van der Waals surface area contributed by atoms with E-state index >= 15 is 0 Å². The lowest BCUT2D eigenvalue weighted by molar-refractivity contribution is -0.0313. The fourth-order valence-corrected chi connectivity index (χ4v) is 4.90. The van der Waals surface area contributed by atoms with Gasteiger partial charge in [-0.05, 0) is 50.1 Å². The number of aliphatic imine (C=N–C) groups is 1. The Morgan fingerprint density at radius 1 is 1.31 bits per heavy atom. The minimum atomic E-state index is -0.620. The Bertz CT molecular complexity index is 979. The zero-order valence-electron chi connectivity index (χ0n) is 16.6. The molecule has 6 nitrogen and oxygen atoms in total. The summed E-state index contributed by atoms with van der Waals surface area (Å²) in [5.74, 6) is 0.394. The molecule has 152 valence electrons. The second-order valence-electron chi connectivity index (χ2n) is 8.36. The number of pyridine rings is 1. The Balaban J connectivity index is 1.64. The number of fused-ring (bicyclic) bond motifs is 4. The first-order valence-corrected chi connectivity index (χ1v) is 10.1. The number of rotatable bonds is 2. The third-order valence-electron chi connectivity index (χ3n) is 6.47. The first kappa shape index (κ1) is 18.4. The fourth-order valence-electron chi connectivity index (χ4n) is 4.90. The summed E-state index contributed by atoms with van der Waals surface area (Å²) in [4.78, 5) is 11.0. The quantitative estimate of drug-likeness (QED) is 0.791. The molecular formula is C22H25FN4O2. The summed E-state index contributed by atoms with van der Waals surface area (Å²) in [6, 6.07) is 9.85. The van der Waals surface area contributed by atoms with Gasteiger partial charge in [-0.3, -0.25) is 0 Å². The molecule has 1 spiro atoms. The Labute approximate surface area is 169 Å². The molecule has 1 aromatic heterocycles. The van der Waals surface area contributed by atoms with E-state index in [1.807, 2.05) is 18.2 Å². The Morgan fingerprint density at radius 2 is 2.17 bits per heavy atom. The standard InChI is InChI=1S/C22H25FN4O2/c1-13(2)27-9-7-19-17(11-27)22(12-28-21(24)26-22)16-10-14(5-6-18(16)29-19)15-4-3-8-25-20(15)23/h3-6,8,10,13,17,19H,7,9,11-12H2,1-2H3,(H2,24,26)/t17?,19-,22+/m0/s1. The van der Waals surface area contributed by atoms with Gasteiger partial charge >= 0.3 is 0 Å². The van der Waals surface area contributed by atoms with Crippen LogP contribution in [-0.2, 0) is 10.3 Å². The second-order valence-corrected chi connectivity index (χ2v) is 8.36. The fraction of sp³-hybridized carbons (Fsp3) is 0.455. The number of benzene rings is 1. The Hall–Kier alpha value is -2.67. The molecule has 2 N–H and O–H groups in total. The number of hydrogen-bond acceptors (Lipinski definition) is 6. The topological polar surface area (TPSA) is 73.0 Å². The average molecular weight is 396 g/mol. The van der Waals surface area contributed by atoms with E-state index in [0.29, 0.717) is 18.2 Å². The highest BCUT2D eigenvalue weighted by molar-refractivity contribution is 5.75. The van der Waals surface area contributed by atoms with Gasteiger partial charge in [-0.25, -0.2) is 9.98 Å². The summed E-state index contributed by atoms with van der Waals surface area (Å²) >= 11 is 0. The molecule has 7 heteroatoms. The van der Waals surface area contributed by atoms with E-state index in [-0.39, 0.29) is 18.0 Å². The van der Waals surface area contributed by atoms with Gasteiger partial charge in [0.1, 0.15) is 24.0 Å². The highest BCUT2D eigenvalue weighted by Gasteiger charge is 2.55. The number of hydrogen-bond donors (Lipinski definition) is 1. The Morgan fingerprint density at radius 3 is 2.90 bits per heavy atom. The summed E-state index contributed by atoms with van der Waals surface area (Å²) in [6.07, 6.45) is 2.43. The van der Waals surface area contributed by atoms with Crippen LogP contribution in [-0.4, -0.2) is 47.7 Å². The smallest absolute Gasteiger partial charge is 0.283 e. The van der Waals surface area contributed by atoms with Gasteiger partial charge in [0, 0.05) is 42.4 Å². The lowest BCUT2D eigenvalue weighted by Crippen LogP contribution is -2.58.